The van der Waals surface area contributed by atoms with Crippen LogP contribution in [0.15, 0.2) is 79.9 Å². The lowest BCUT2D eigenvalue weighted by Crippen LogP contribution is -2.34. The molecule has 0 aliphatic heterocycles. The number of benzene rings is 2. The van der Waals surface area contributed by atoms with Crippen LogP contribution in [0.4, 0.5) is 0 Å². The predicted octanol–water partition coefficient (Wildman–Crippen LogP) is 3.53. The number of nitrogens with zero attached hydrogens (tertiary/aromatic N) is 3. The standard InChI is InChI=1S/C26H30N4O2/c1-3-17-29(18-4-2)26(32)20-30-23-14-9-8-13-22(23)28-24(30)15-10-16-27-25(31)19-21-11-6-5-7-12-21/h3-9,11-14H,1-2,10,15-20H2,(H,27,31). The highest BCUT2D eigenvalue weighted by Gasteiger charge is 2.17. The Morgan fingerprint density at radius 2 is 1.69 bits per heavy atom. The number of imidazole rings is 1. The van der Waals surface area contributed by atoms with Gasteiger partial charge in [0.05, 0.1) is 17.5 Å². The molecule has 3 rings (SSSR count). The van der Waals surface area contributed by atoms with E-state index in [2.05, 4.69) is 18.5 Å². The maximum atomic E-state index is 12.9. The van der Waals surface area contributed by atoms with Crippen molar-refractivity contribution in [3.05, 3.63) is 91.3 Å². The molecule has 0 unspecified atom stereocenters. The van der Waals surface area contributed by atoms with Crippen molar-refractivity contribution in [3.63, 3.8) is 0 Å². The lowest BCUT2D eigenvalue weighted by molar-refractivity contribution is -0.130. The first-order valence-corrected chi connectivity index (χ1v) is 10.9. The number of amides is 2. The van der Waals surface area contributed by atoms with Crippen molar-refractivity contribution in [2.75, 3.05) is 19.6 Å². The lowest BCUT2D eigenvalue weighted by atomic mass is 10.1. The molecular formula is C26H30N4O2. The number of nitrogens with one attached hydrogen (secondary N) is 1. The van der Waals surface area contributed by atoms with Crippen molar-refractivity contribution in [1.82, 2.24) is 19.8 Å². The van der Waals surface area contributed by atoms with Crippen LogP contribution >= 0.6 is 0 Å². The van der Waals surface area contributed by atoms with E-state index in [1.165, 1.54) is 0 Å². The van der Waals surface area contributed by atoms with E-state index in [4.69, 9.17) is 4.98 Å². The largest absolute Gasteiger partial charge is 0.356 e. The summed E-state index contributed by atoms with van der Waals surface area (Å²) in [5.74, 6) is 0.837. The summed E-state index contributed by atoms with van der Waals surface area (Å²) in [6.07, 6.45) is 5.20. The van der Waals surface area contributed by atoms with E-state index >= 15 is 0 Å². The van der Waals surface area contributed by atoms with Crippen LogP contribution in [0.3, 0.4) is 0 Å². The van der Waals surface area contributed by atoms with Crippen molar-refractivity contribution < 1.29 is 9.59 Å². The third-order valence-corrected chi connectivity index (χ3v) is 5.19. The zero-order chi connectivity index (χ0) is 22.8. The molecule has 0 aliphatic carbocycles. The molecule has 0 radical (unpaired) electrons. The first-order chi connectivity index (χ1) is 15.6. The van der Waals surface area contributed by atoms with Gasteiger partial charge in [0.1, 0.15) is 12.4 Å². The highest BCUT2D eigenvalue weighted by atomic mass is 16.2. The van der Waals surface area contributed by atoms with Gasteiger partial charge in [-0.05, 0) is 24.1 Å². The van der Waals surface area contributed by atoms with Crippen LogP contribution in [0.25, 0.3) is 11.0 Å². The van der Waals surface area contributed by atoms with Crippen molar-refractivity contribution in [2.24, 2.45) is 0 Å². The maximum absolute atomic E-state index is 12.9. The van der Waals surface area contributed by atoms with Crippen LogP contribution in [-0.4, -0.2) is 45.9 Å². The fourth-order valence-corrected chi connectivity index (χ4v) is 3.64. The summed E-state index contributed by atoms with van der Waals surface area (Å²) in [5, 5.41) is 2.97. The molecule has 0 saturated carbocycles. The Morgan fingerprint density at radius 1 is 1.00 bits per heavy atom. The van der Waals surface area contributed by atoms with Crippen LogP contribution in [-0.2, 0) is 29.0 Å². The van der Waals surface area contributed by atoms with Crippen molar-refractivity contribution in [3.8, 4) is 0 Å². The van der Waals surface area contributed by atoms with Gasteiger partial charge in [0, 0.05) is 26.1 Å². The Hall–Kier alpha value is -3.67. The summed E-state index contributed by atoms with van der Waals surface area (Å²) in [6, 6.07) is 17.5. The summed E-state index contributed by atoms with van der Waals surface area (Å²) in [7, 11) is 0. The maximum Gasteiger partial charge on any atom is 0.243 e. The summed E-state index contributed by atoms with van der Waals surface area (Å²) < 4.78 is 1.97. The smallest absolute Gasteiger partial charge is 0.243 e. The monoisotopic (exact) mass is 430 g/mol. The minimum Gasteiger partial charge on any atom is -0.356 e. The Morgan fingerprint density at radius 3 is 2.41 bits per heavy atom. The minimum atomic E-state index is -0.00892. The molecule has 2 amide bonds. The molecule has 166 valence electrons. The Bertz CT molecular complexity index is 1060. The molecule has 0 bridgehead atoms. The Balaban J connectivity index is 1.63. The summed E-state index contributed by atoms with van der Waals surface area (Å²) in [6.45, 7) is 9.19. The molecule has 0 aliphatic rings. The first-order valence-electron chi connectivity index (χ1n) is 10.9. The molecule has 6 nitrogen and oxygen atoms in total. The molecule has 32 heavy (non-hydrogen) atoms. The molecule has 0 atom stereocenters. The zero-order valence-electron chi connectivity index (χ0n) is 18.4. The molecule has 1 N–H and O–H groups in total. The average molecular weight is 431 g/mol. The van der Waals surface area contributed by atoms with Crippen LogP contribution in [0.5, 0.6) is 0 Å². The van der Waals surface area contributed by atoms with Crippen LogP contribution in [0, 0.1) is 0 Å². The average Bonchev–Trinajstić information content (AvgIpc) is 3.14. The molecular weight excluding hydrogens is 400 g/mol. The first kappa shape index (κ1) is 23.0. The summed E-state index contributed by atoms with van der Waals surface area (Å²) in [4.78, 5) is 31.5. The molecule has 3 aromatic rings. The third-order valence-electron chi connectivity index (χ3n) is 5.19. The molecule has 1 heterocycles. The zero-order valence-corrected chi connectivity index (χ0v) is 18.4. The normalized spacial score (nSPS) is 10.6. The SMILES string of the molecule is C=CCN(CC=C)C(=O)Cn1c(CCCNC(=O)Cc2ccccc2)nc2ccccc21. The van der Waals surface area contributed by atoms with E-state index in [0.717, 1.165) is 28.8 Å². The second kappa shape index (κ2) is 11.6. The van der Waals surface area contributed by atoms with Gasteiger partial charge >= 0.3 is 0 Å². The van der Waals surface area contributed by atoms with Crippen LogP contribution in [0.1, 0.15) is 17.8 Å². The number of hydrogen-bond acceptors (Lipinski definition) is 3. The van der Waals surface area contributed by atoms with E-state index in [1.807, 2.05) is 59.2 Å². The number of carbonyl (C=O) groups is 2. The fraction of sp³-hybridized carbons (Fsp3) is 0.269. The lowest BCUT2D eigenvalue weighted by Gasteiger charge is -2.20. The number of fused-ring (bicyclic) bond motifs is 1. The van der Waals surface area contributed by atoms with E-state index in [9.17, 15) is 9.59 Å². The quantitative estimate of drug-likeness (QED) is 0.353. The molecule has 6 heteroatoms. The van der Waals surface area contributed by atoms with E-state index in [-0.39, 0.29) is 18.4 Å². The van der Waals surface area contributed by atoms with Gasteiger partial charge in [-0.15, -0.1) is 13.2 Å². The van der Waals surface area contributed by atoms with Crippen LogP contribution < -0.4 is 5.32 Å². The van der Waals surface area contributed by atoms with E-state index < -0.39 is 0 Å². The molecule has 1 aromatic heterocycles. The highest BCUT2D eigenvalue weighted by molar-refractivity contribution is 5.81. The number of aryl methyl sites for hydroxylation is 1. The number of aromatic nitrogens is 2. The van der Waals surface area contributed by atoms with Crippen LogP contribution in [0.2, 0.25) is 0 Å². The summed E-state index contributed by atoms with van der Waals surface area (Å²) in [5.41, 5.74) is 2.79. The number of hydrogen-bond donors (Lipinski definition) is 1. The second-order valence-electron chi connectivity index (χ2n) is 7.59. The van der Waals surface area contributed by atoms with Gasteiger partial charge in [-0.25, -0.2) is 4.98 Å². The van der Waals surface area contributed by atoms with Gasteiger partial charge in [0.15, 0.2) is 0 Å². The molecule has 2 aromatic carbocycles. The minimum absolute atomic E-state index is 0.00405. The number of carbonyl (C=O) groups excluding carboxylic acids is 2. The Kier molecular flexibility index (Phi) is 8.37. The van der Waals surface area contributed by atoms with Gasteiger partial charge in [-0.3, -0.25) is 9.59 Å². The molecule has 0 spiro atoms. The topological polar surface area (TPSA) is 67.2 Å². The van der Waals surface area contributed by atoms with E-state index in [1.54, 1.807) is 17.1 Å². The number of para-hydroxylation sites is 2. The van der Waals surface area contributed by atoms with Crippen molar-refractivity contribution in [2.45, 2.75) is 25.8 Å². The Labute approximate surface area is 189 Å². The second-order valence-corrected chi connectivity index (χ2v) is 7.59. The van der Waals surface area contributed by atoms with Gasteiger partial charge in [-0.2, -0.15) is 0 Å². The van der Waals surface area contributed by atoms with Crippen molar-refractivity contribution >= 4 is 22.8 Å². The van der Waals surface area contributed by atoms with Gasteiger partial charge in [0.2, 0.25) is 11.8 Å². The highest BCUT2D eigenvalue weighted by Crippen LogP contribution is 2.17. The van der Waals surface area contributed by atoms with Crippen molar-refractivity contribution in [1.29, 1.82) is 0 Å². The molecule has 0 saturated heterocycles. The van der Waals surface area contributed by atoms with E-state index in [0.29, 0.717) is 32.5 Å². The molecule has 0 fully saturated rings. The van der Waals surface area contributed by atoms with Gasteiger partial charge in [0.25, 0.3) is 0 Å². The number of rotatable bonds is 12. The predicted molar refractivity (Wildman–Crippen MR) is 128 cm³/mol. The fourth-order valence-electron chi connectivity index (χ4n) is 3.64. The van der Waals surface area contributed by atoms with Gasteiger partial charge in [-0.1, -0.05) is 54.6 Å². The third kappa shape index (κ3) is 6.17. The van der Waals surface area contributed by atoms with Gasteiger partial charge < -0.3 is 14.8 Å². The summed E-state index contributed by atoms with van der Waals surface area (Å²) >= 11 is 0.